The first-order valence-corrected chi connectivity index (χ1v) is 11.6. The summed E-state index contributed by atoms with van der Waals surface area (Å²) in [6.45, 7) is 6.72. The lowest BCUT2D eigenvalue weighted by molar-refractivity contribution is -0.122. The van der Waals surface area contributed by atoms with Crippen molar-refractivity contribution in [1.29, 1.82) is 0 Å². The fraction of sp³-hybridized carbons (Fsp3) is 0.542. The number of carbonyl (C=O) groups is 1. The third-order valence-electron chi connectivity index (χ3n) is 6.33. The lowest BCUT2D eigenvalue weighted by Gasteiger charge is -2.34. The van der Waals surface area contributed by atoms with Gasteiger partial charge in [0.15, 0.2) is 0 Å². The Kier molecular flexibility index (Phi) is 7.85. The van der Waals surface area contributed by atoms with Gasteiger partial charge in [-0.2, -0.15) is 0 Å². The number of nitrogens with zero attached hydrogens (tertiary/aromatic N) is 5. The maximum atomic E-state index is 12.7. The molecule has 1 N–H and O–H groups in total. The standard InChI is InChI=1S/C24H34N6O/c31-23(20-28-15-17-30(18-16-28)24-25-11-8-12-26-24)27-19-22(21-9-4-3-5-10-21)29-13-6-1-2-7-14-29/h3-5,8-12,22H,1-2,6-7,13-20H2,(H,27,31)/t22-/m0/s1. The average Bonchev–Trinajstić information content (AvgIpc) is 3.11. The maximum absolute atomic E-state index is 12.7. The Hall–Kier alpha value is -2.51. The van der Waals surface area contributed by atoms with E-state index in [2.05, 4.69) is 60.3 Å². The fourth-order valence-electron chi connectivity index (χ4n) is 4.57. The molecule has 2 aromatic rings. The molecule has 0 spiro atoms. The zero-order chi connectivity index (χ0) is 21.3. The summed E-state index contributed by atoms with van der Waals surface area (Å²) < 4.78 is 0. The highest BCUT2D eigenvalue weighted by Gasteiger charge is 2.24. The Bertz CT molecular complexity index is 786. The number of aromatic nitrogens is 2. The molecule has 3 heterocycles. The number of benzene rings is 1. The molecule has 7 nitrogen and oxygen atoms in total. The Morgan fingerprint density at radius 3 is 2.23 bits per heavy atom. The molecule has 0 radical (unpaired) electrons. The number of amides is 1. The van der Waals surface area contributed by atoms with Crippen molar-refractivity contribution in [2.24, 2.45) is 0 Å². The van der Waals surface area contributed by atoms with Crippen molar-refractivity contribution in [1.82, 2.24) is 25.1 Å². The van der Waals surface area contributed by atoms with E-state index in [-0.39, 0.29) is 11.9 Å². The van der Waals surface area contributed by atoms with Crippen LogP contribution in [0, 0.1) is 0 Å². The molecule has 2 aliphatic heterocycles. The first kappa shape index (κ1) is 21.7. The topological polar surface area (TPSA) is 64.6 Å². The number of rotatable bonds is 7. The van der Waals surface area contributed by atoms with Gasteiger partial charge in [-0.3, -0.25) is 14.6 Å². The van der Waals surface area contributed by atoms with Gasteiger partial charge in [0.1, 0.15) is 0 Å². The zero-order valence-electron chi connectivity index (χ0n) is 18.3. The molecule has 2 aliphatic rings. The molecule has 4 rings (SSSR count). The van der Waals surface area contributed by atoms with E-state index in [0.717, 1.165) is 45.2 Å². The second kappa shape index (κ2) is 11.2. The number of hydrogen-bond donors (Lipinski definition) is 1. The molecule has 1 atom stereocenters. The minimum absolute atomic E-state index is 0.111. The third kappa shape index (κ3) is 6.24. The van der Waals surface area contributed by atoms with Crippen LogP contribution in [0.15, 0.2) is 48.8 Å². The molecule has 7 heteroatoms. The molecule has 166 valence electrons. The van der Waals surface area contributed by atoms with Crippen molar-refractivity contribution in [3.05, 3.63) is 54.4 Å². The summed E-state index contributed by atoms with van der Waals surface area (Å²) in [7, 11) is 0. The Labute approximate surface area is 185 Å². The number of carbonyl (C=O) groups excluding carboxylic acids is 1. The van der Waals surface area contributed by atoms with Gasteiger partial charge >= 0.3 is 0 Å². The van der Waals surface area contributed by atoms with Gasteiger partial charge in [0.25, 0.3) is 0 Å². The summed E-state index contributed by atoms with van der Waals surface area (Å²) in [5.41, 5.74) is 1.29. The normalized spacial score (nSPS) is 19.5. The van der Waals surface area contributed by atoms with Gasteiger partial charge in [0.05, 0.1) is 12.6 Å². The van der Waals surface area contributed by atoms with E-state index >= 15 is 0 Å². The molecule has 1 aromatic carbocycles. The van der Waals surface area contributed by atoms with Crippen molar-refractivity contribution < 1.29 is 4.79 Å². The molecule has 1 aromatic heterocycles. The molecular weight excluding hydrogens is 388 g/mol. The summed E-state index contributed by atoms with van der Waals surface area (Å²) in [6, 6.07) is 12.7. The predicted molar refractivity (Wildman–Crippen MR) is 123 cm³/mol. The summed E-state index contributed by atoms with van der Waals surface area (Å²) in [6.07, 6.45) is 8.65. The highest BCUT2D eigenvalue weighted by atomic mass is 16.2. The second-order valence-electron chi connectivity index (χ2n) is 8.49. The Balaban J connectivity index is 1.28. The van der Waals surface area contributed by atoms with Crippen LogP contribution in [0.3, 0.4) is 0 Å². The molecule has 2 fully saturated rings. The summed E-state index contributed by atoms with van der Waals surface area (Å²) in [5.74, 6) is 0.884. The zero-order valence-corrected chi connectivity index (χ0v) is 18.3. The van der Waals surface area contributed by atoms with Crippen LogP contribution in [0.2, 0.25) is 0 Å². The van der Waals surface area contributed by atoms with Crippen molar-refractivity contribution in [3.8, 4) is 0 Å². The van der Waals surface area contributed by atoms with E-state index in [1.807, 2.05) is 6.07 Å². The van der Waals surface area contributed by atoms with Crippen molar-refractivity contribution in [3.63, 3.8) is 0 Å². The van der Waals surface area contributed by atoms with Crippen LogP contribution in [-0.4, -0.2) is 78.0 Å². The lowest BCUT2D eigenvalue weighted by atomic mass is 10.0. The van der Waals surface area contributed by atoms with Crippen LogP contribution in [0.4, 0.5) is 5.95 Å². The summed E-state index contributed by atoms with van der Waals surface area (Å²) >= 11 is 0. The predicted octanol–water partition coefficient (Wildman–Crippen LogP) is 2.33. The van der Waals surface area contributed by atoms with Gasteiger partial charge in [-0.15, -0.1) is 0 Å². The van der Waals surface area contributed by atoms with Gasteiger partial charge in [-0.05, 0) is 37.6 Å². The van der Waals surface area contributed by atoms with Crippen molar-refractivity contribution in [2.75, 3.05) is 57.3 Å². The summed E-state index contributed by atoms with van der Waals surface area (Å²) in [4.78, 5) is 28.4. The van der Waals surface area contributed by atoms with E-state index in [1.54, 1.807) is 12.4 Å². The van der Waals surface area contributed by atoms with Gasteiger partial charge in [-0.1, -0.05) is 43.2 Å². The maximum Gasteiger partial charge on any atom is 0.234 e. The SMILES string of the molecule is O=C(CN1CCN(c2ncccn2)CC1)NC[C@@H](c1ccccc1)N1CCCCCC1. The Morgan fingerprint density at radius 1 is 0.871 bits per heavy atom. The molecule has 0 bridgehead atoms. The molecule has 0 saturated carbocycles. The van der Waals surface area contributed by atoms with Crippen LogP contribution < -0.4 is 10.2 Å². The lowest BCUT2D eigenvalue weighted by Crippen LogP contribution is -2.50. The van der Waals surface area contributed by atoms with Gasteiger partial charge in [-0.25, -0.2) is 9.97 Å². The fourth-order valence-corrected chi connectivity index (χ4v) is 4.57. The van der Waals surface area contributed by atoms with Crippen LogP contribution in [0.1, 0.15) is 37.3 Å². The quantitative estimate of drug-likeness (QED) is 0.739. The highest BCUT2D eigenvalue weighted by Crippen LogP contribution is 2.23. The van der Waals surface area contributed by atoms with Gasteiger partial charge in [0.2, 0.25) is 11.9 Å². The monoisotopic (exact) mass is 422 g/mol. The average molecular weight is 423 g/mol. The van der Waals surface area contributed by atoms with Crippen LogP contribution in [0.5, 0.6) is 0 Å². The van der Waals surface area contributed by atoms with E-state index in [9.17, 15) is 4.79 Å². The first-order chi connectivity index (χ1) is 15.3. The Morgan fingerprint density at radius 2 is 1.55 bits per heavy atom. The minimum atomic E-state index is 0.111. The molecular formula is C24H34N6O. The van der Waals surface area contributed by atoms with Crippen molar-refractivity contribution in [2.45, 2.75) is 31.7 Å². The molecule has 1 amide bonds. The van der Waals surface area contributed by atoms with Crippen LogP contribution in [0.25, 0.3) is 0 Å². The molecule has 31 heavy (non-hydrogen) atoms. The minimum Gasteiger partial charge on any atom is -0.353 e. The molecule has 2 saturated heterocycles. The molecule has 0 aliphatic carbocycles. The number of anilines is 1. The summed E-state index contributed by atoms with van der Waals surface area (Å²) in [5, 5.41) is 3.23. The molecule has 0 unspecified atom stereocenters. The van der Waals surface area contributed by atoms with Gasteiger partial charge in [0, 0.05) is 45.1 Å². The highest BCUT2D eigenvalue weighted by molar-refractivity contribution is 5.78. The van der Waals surface area contributed by atoms with Crippen molar-refractivity contribution >= 4 is 11.9 Å². The van der Waals surface area contributed by atoms with Crippen LogP contribution >= 0.6 is 0 Å². The van der Waals surface area contributed by atoms with E-state index in [0.29, 0.717) is 13.1 Å². The second-order valence-corrected chi connectivity index (χ2v) is 8.49. The van der Waals surface area contributed by atoms with Crippen LogP contribution in [-0.2, 0) is 4.79 Å². The van der Waals surface area contributed by atoms with E-state index in [1.165, 1.54) is 31.2 Å². The van der Waals surface area contributed by atoms with Gasteiger partial charge < -0.3 is 10.2 Å². The smallest absolute Gasteiger partial charge is 0.234 e. The van der Waals surface area contributed by atoms with E-state index < -0.39 is 0 Å². The first-order valence-electron chi connectivity index (χ1n) is 11.6. The number of piperazine rings is 1. The number of likely N-dealkylation sites (tertiary alicyclic amines) is 1. The number of nitrogens with one attached hydrogen (secondary N) is 1. The third-order valence-corrected chi connectivity index (χ3v) is 6.33. The largest absolute Gasteiger partial charge is 0.353 e. The van der Waals surface area contributed by atoms with E-state index in [4.69, 9.17) is 0 Å². The number of hydrogen-bond acceptors (Lipinski definition) is 6.